The van der Waals surface area contributed by atoms with Crippen molar-refractivity contribution in [2.24, 2.45) is 0 Å². The fourth-order valence-corrected chi connectivity index (χ4v) is 4.84. The van der Waals surface area contributed by atoms with Crippen LogP contribution in [0.1, 0.15) is 105 Å². The molecule has 1 unspecified atom stereocenters. The molecule has 2 aromatic rings. The third-order valence-electron chi connectivity index (χ3n) is 7.42. The summed E-state index contributed by atoms with van der Waals surface area (Å²) in [6.07, 6.45) is 6.18. The molecule has 2 aromatic carbocycles. The quantitative estimate of drug-likeness (QED) is 0.105. The van der Waals surface area contributed by atoms with E-state index in [1.54, 1.807) is 13.8 Å². The van der Waals surface area contributed by atoms with Gasteiger partial charge >= 0.3 is 11.9 Å². The van der Waals surface area contributed by atoms with E-state index in [2.05, 4.69) is 76.0 Å². The van der Waals surface area contributed by atoms with Crippen molar-refractivity contribution in [3.05, 3.63) is 71.1 Å². The van der Waals surface area contributed by atoms with Crippen LogP contribution in [0.4, 0.5) is 5.69 Å². The molecule has 1 aliphatic heterocycles. The number of cyclic esters (lactones) is 2. The number of carbonyl (C=O) groups is 2. The molecule has 1 saturated heterocycles. The van der Waals surface area contributed by atoms with Crippen LogP contribution >= 0.6 is 0 Å². The van der Waals surface area contributed by atoms with Gasteiger partial charge in [0.05, 0.1) is 6.61 Å². The van der Waals surface area contributed by atoms with Gasteiger partial charge in [0, 0.05) is 32.1 Å². The van der Waals surface area contributed by atoms with Gasteiger partial charge in [-0.05, 0) is 60.6 Å². The second-order valence-electron chi connectivity index (χ2n) is 12.7. The molecule has 1 heterocycles. The fourth-order valence-electron chi connectivity index (χ4n) is 4.84. The standard InChI is InChI=1S/C35H50N2O5/c1-9-11-13-14-25(3)37(24-26-15-17-27(18-16-26)34(4,5)6)31(30-32(38)41-35(7,8)42-33(30)39)36-28-19-21-29(22-20-28)40-23-12-10-2/h15-22,25,36H,9-14,23-24H2,1-8H3. The maximum absolute atomic E-state index is 13.4. The van der Waals surface area contributed by atoms with Gasteiger partial charge in [0.2, 0.25) is 0 Å². The van der Waals surface area contributed by atoms with E-state index in [1.807, 2.05) is 24.3 Å². The monoisotopic (exact) mass is 578 g/mol. The molecule has 0 spiro atoms. The summed E-state index contributed by atoms with van der Waals surface area (Å²) in [5.74, 6) is -1.59. The van der Waals surface area contributed by atoms with Crippen LogP contribution in [-0.2, 0) is 31.0 Å². The SMILES string of the molecule is CCCCCC(C)N(Cc1ccc(C(C)(C)C)cc1)C(Nc1ccc(OCCCC)cc1)=C1C(=O)OC(C)(C)OC1=O. The summed E-state index contributed by atoms with van der Waals surface area (Å²) in [6, 6.07) is 16.1. The first-order chi connectivity index (χ1) is 19.8. The zero-order chi connectivity index (χ0) is 30.9. The average molecular weight is 579 g/mol. The van der Waals surface area contributed by atoms with Gasteiger partial charge in [0.15, 0.2) is 5.57 Å². The van der Waals surface area contributed by atoms with Gasteiger partial charge in [-0.25, -0.2) is 9.59 Å². The zero-order valence-corrected chi connectivity index (χ0v) is 26.8. The van der Waals surface area contributed by atoms with Gasteiger partial charge in [-0.2, -0.15) is 0 Å². The fraction of sp³-hybridized carbons (Fsp3) is 0.543. The highest BCUT2D eigenvalue weighted by Gasteiger charge is 2.42. The van der Waals surface area contributed by atoms with Crippen LogP contribution < -0.4 is 10.1 Å². The molecule has 7 heteroatoms. The number of esters is 2. The van der Waals surface area contributed by atoms with Crippen molar-refractivity contribution in [3.8, 4) is 5.75 Å². The van der Waals surface area contributed by atoms with Gasteiger partial charge in [-0.15, -0.1) is 0 Å². The van der Waals surface area contributed by atoms with Crippen molar-refractivity contribution in [2.45, 2.75) is 118 Å². The molecule has 0 radical (unpaired) electrons. The van der Waals surface area contributed by atoms with E-state index in [-0.39, 0.29) is 17.0 Å². The van der Waals surface area contributed by atoms with Crippen molar-refractivity contribution in [3.63, 3.8) is 0 Å². The molecule has 1 N–H and O–H groups in total. The van der Waals surface area contributed by atoms with E-state index in [1.165, 1.54) is 5.56 Å². The topological polar surface area (TPSA) is 77.1 Å². The summed E-state index contributed by atoms with van der Waals surface area (Å²) in [5, 5.41) is 3.41. The van der Waals surface area contributed by atoms with Crippen molar-refractivity contribution in [1.29, 1.82) is 0 Å². The molecule has 0 aromatic heterocycles. The van der Waals surface area contributed by atoms with Crippen LogP contribution in [0.5, 0.6) is 5.75 Å². The Hall–Kier alpha value is -3.48. The number of nitrogens with one attached hydrogen (secondary N) is 1. The lowest BCUT2D eigenvalue weighted by Crippen LogP contribution is -2.45. The van der Waals surface area contributed by atoms with Gasteiger partial charge in [0.1, 0.15) is 11.6 Å². The van der Waals surface area contributed by atoms with Crippen LogP contribution in [0.2, 0.25) is 0 Å². The van der Waals surface area contributed by atoms with Crippen molar-refractivity contribution in [1.82, 2.24) is 4.90 Å². The molecule has 1 atom stereocenters. The molecule has 42 heavy (non-hydrogen) atoms. The number of benzene rings is 2. The number of rotatable bonds is 14. The smallest absolute Gasteiger partial charge is 0.352 e. The number of anilines is 1. The normalized spacial score (nSPS) is 15.5. The molecule has 7 nitrogen and oxygen atoms in total. The molecule has 3 rings (SSSR count). The second-order valence-corrected chi connectivity index (χ2v) is 12.7. The summed E-state index contributed by atoms with van der Waals surface area (Å²) in [4.78, 5) is 28.9. The Morgan fingerprint density at radius 3 is 2.05 bits per heavy atom. The summed E-state index contributed by atoms with van der Waals surface area (Å²) < 4.78 is 16.9. The second kappa shape index (κ2) is 14.6. The van der Waals surface area contributed by atoms with E-state index < -0.39 is 17.7 Å². The van der Waals surface area contributed by atoms with Gasteiger partial charge in [-0.1, -0.05) is 84.6 Å². The van der Waals surface area contributed by atoms with E-state index in [9.17, 15) is 9.59 Å². The Morgan fingerprint density at radius 2 is 1.50 bits per heavy atom. The number of ether oxygens (including phenoxy) is 3. The lowest BCUT2D eigenvalue weighted by molar-refractivity contribution is -0.222. The highest BCUT2D eigenvalue weighted by molar-refractivity contribution is 6.16. The molecule has 1 fully saturated rings. The largest absolute Gasteiger partial charge is 0.494 e. The first-order valence-corrected chi connectivity index (χ1v) is 15.4. The maximum Gasteiger partial charge on any atom is 0.352 e. The molecule has 0 saturated carbocycles. The molecular weight excluding hydrogens is 528 g/mol. The predicted molar refractivity (Wildman–Crippen MR) is 168 cm³/mol. The van der Waals surface area contributed by atoms with Gasteiger partial charge < -0.3 is 24.4 Å². The Morgan fingerprint density at radius 1 is 0.905 bits per heavy atom. The molecule has 230 valence electrons. The molecule has 1 aliphatic rings. The number of hydrogen-bond donors (Lipinski definition) is 1. The summed E-state index contributed by atoms with van der Waals surface area (Å²) in [7, 11) is 0. The first kappa shape index (κ1) is 33.0. The Labute approximate surface area is 252 Å². The third-order valence-corrected chi connectivity index (χ3v) is 7.42. The van der Waals surface area contributed by atoms with E-state index in [0.717, 1.165) is 55.5 Å². The van der Waals surface area contributed by atoms with E-state index in [4.69, 9.17) is 14.2 Å². The summed E-state index contributed by atoms with van der Waals surface area (Å²) in [6.45, 7) is 17.3. The van der Waals surface area contributed by atoms with Gasteiger partial charge in [0.25, 0.3) is 5.79 Å². The summed E-state index contributed by atoms with van der Waals surface area (Å²) in [5.41, 5.74) is 2.94. The van der Waals surface area contributed by atoms with Crippen molar-refractivity contribution in [2.75, 3.05) is 11.9 Å². The van der Waals surface area contributed by atoms with E-state index >= 15 is 0 Å². The number of hydrogen-bond acceptors (Lipinski definition) is 7. The lowest BCUT2D eigenvalue weighted by atomic mass is 9.86. The number of unbranched alkanes of at least 4 members (excludes halogenated alkanes) is 3. The summed E-state index contributed by atoms with van der Waals surface area (Å²) >= 11 is 0. The average Bonchev–Trinajstić information content (AvgIpc) is 2.91. The number of nitrogens with zero attached hydrogens (tertiary/aromatic N) is 1. The molecule has 0 bridgehead atoms. The van der Waals surface area contributed by atoms with E-state index in [0.29, 0.717) is 19.0 Å². The maximum atomic E-state index is 13.4. The number of carbonyl (C=O) groups excluding carboxylic acids is 2. The molecular formula is C35H50N2O5. The molecule has 0 amide bonds. The Kier molecular flexibility index (Phi) is 11.5. The zero-order valence-electron chi connectivity index (χ0n) is 26.8. The highest BCUT2D eigenvalue weighted by Crippen LogP contribution is 2.31. The minimum absolute atomic E-state index is 0.0148. The van der Waals surface area contributed by atoms with Gasteiger partial charge in [-0.3, -0.25) is 0 Å². The highest BCUT2D eigenvalue weighted by atomic mass is 16.7. The Balaban J connectivity index is 2.05. The van der Waals surface area contributed by atoms with Crippen LogP contribution in [0.15, 0.2) is 59.9 Å². The minimum Gasteiger partial charge on any atom is -0.494 e. The predicted octanol–water partition coefficient (Wildman–Crippen LogP) is 8.09. The Bertz CT molecular complexity index is 1190. The molecule has 0 aliphatic carbocycles. The third kappa shape index (κ3) is 9.27. The lowest BCUT2D eigenvalue weighted by Gasteiger charge is -2.37. The van der Waals surface area contributed by atoms with Crippen LogP contribution in [0.25, 0.3) is 0 Å². The van der Waals surface area contributed by atoms with Crippen LogP contribution in [0, 0.1) is 0 Å². The van der Waals surface area contributed by atoms with Crippen LogP contribution in [-0.4, -0.2) is 35.3 Å². The van der Waals surface area contributed by atoms with Crippen molar-refractivity contribution >= 4 is 17.6 Å². The first-order valence-electron chi connectivity index (χ1n) is 15.4. The van der Waals surface area contributed by atoms with Crippen LogP contribution in [0.3, 0.4) is 0 Å². The minimum atomic E-state index is -1.33. The van der Waals surface area contributed by atoms with Crippen molar-refractivity contribution < 1.29 is 23.8 Å².